The molecule has 25 heavy (non-hydrogen) atoms. The smallest absolute Gasteiger partial charge is 0.326 e. The van der Waals surface area contributed by atoms with Crippen molar-refractivity contribution in [1.29, 1.82) is 0 Å². The first kappa shape index (κ1) is 15.8. The summed E-state index contributed by atoms with van der Waals surface area (Å²) in [6.45, 7) is 1.85. The molecule has 0 radical (unpaired) electrons. The van der Waals surface area contributed by atoms with Gasteiger partial charge in [0.25, 0.3) is 5.56 Å². The number of imidazole rings is 1. The van der Waals surface area contributed by atoms with Crippen molar-refractivity contribution in [2.75, 3.05) is 6.61 Å². The topological polar surface area (TPSA) is 65.6 Å². The Morgan fingerprint density at radius 3 is 2.72 bits per heavy atom. The lowest BCUT2D eigenvalue weighted by Gasteiger charge is -2.10. The molecule has 0 aliphatic carbocycles. The third kappa shape index (κ3) is 2.51. The second-order valence-electron chi connectivity index (χ2n) is 5.60. The number of esters is 1. The molecule has 6 nitrogen and oxygen atoms in total. The maximum absolute atomic E-state index is 13.0. The molecule has 3 aromatic heterocycles. The number of ether oxygens (including phenoxy) is 1. The highest BCUT2D eigenvalue weighted by atomic mass is 79.9. The number of hydrogen-bond acceptors (Lipinski definition) is 4. The van der Waals surface area contributed by atoms with Gasteiger partial charge in [0.05, 0.1) is 6.61 Å². The quantitative estimate of drug-likeness (QED) is 0.496. The van der Waals surface area contributed by atoms with Gasteiger partial charge < -0.3 is 4.74 Å². The van der Waals surface area contributed by atoms with Gasteiger partial charge in [-0.15, -0.1) is 0 Å². The Kier molecular flexibility index (Phi) is 3.80. The van der Waals surface area contributed by atoms with Crippen molar-refractivity contribution in [3.8, 4) is 0 Å². The Labute approximate surface area is 150 Å². The molecule has 7 heteroatoms. The van der Waals surface area contributed by atoms with E-state index in [4.69, 9.17) is 4.74 Å². The van der Waals surface area contributed by atoms with Crippen molar-refractivity contribution in [2.24, 2.45) is 0 Å². The monoisotopic (exact) mass is 399 g/mol. The van der Waals surface area contributed by atoms with Gasteiger partial charge in [0.2, 0.25) is 0 Å². The number of rotatable bonds is 3. The second kappa shape index (κ2) is 6.00. The number of aromatic nitrogens is 3. The lowest BCUT2D eigenvalue weighted by Crippen LogP contribution is -2.26. The van der Waals surface area contributed by atoms with E-state index in [1.807, 2.05) is 34.9 Å². The summed E-state index contributed by atoms with van der Waals surface area (Å²) in [7, 11) is 0. The zero-order chi connectivity index (χ0) is 17.6. The molecule has 0 spiro atoms. The van der Waals surface area contributed by atoms with Crippen LogP contribution >= 0.6 is 15.9 Å². The zero-order valence-electron chi connectivity index (χ0n) is 13.4. The normalized spacial score (nSPS) is 11.4. The fourth-order valence-electron chi connectivity index (χ4n) is 3.05. The van der Waals surface area contributed by atoms with Gasteiger partial charge in [0.15, 0.2) is 0 Å². The third-order valence-corrected chi connectivity index (χ3v) is 4.53. The molecule has 0 unspecified atom stereocenters. The van der Waals surface area contributed by atoms with Crippen molar-refractivity contribution in [1.82, 2.24) is 14.0 Å². The van der Waals surface area contributed by atoms with Gasteiger partial charge in [-0.3, -0.25) is 18.6 Å². The Bertz CT molecular complexity index is 1190. The fraction of sp³-hybridized carbons (Fsp3) is 0.167. The summed E-state index contributed by atoms with van der Waals surface area (Å²) in [6.07, 6.45) is 1.83. The van der Waals surface area contributed by atoms with Crippen molar-refractivity contribution >= 4 is 49.5 Å². The van der Waals surface area contributed by atoms with Crippen molar-refractivity contribution < 1.29 is 9.53 Å². The number of nitrogens with zero attached hydrogens (tertiary/aromatic N) is 3. The van der Waals surface area contributed by atoms with Crippen LogP contribution in [-0.4, -0.2) is 26.5 Å². The van der Waals surface area contributed by atoms with Gasteiger partial charge in [0, 0.05) is 21.4 Å². The maximum Gasteiger partial charge on any atom is 0.326 e. The number of fused-ring (bicyclic) bond motifs is 5. The molecule has 0 atom stereocenters. The van der Waals surface area contributed by atoms with Crippen molar-refractivity contribution in [2.45, 2.75) is 13.5 Å². The van der Waals surface area contributed by atoms with Crippen LogP contribution in [0.3, 0.4) is 0 Å². The number of carbonyl (C=O) groups is 1. The van der Waals surface area contributed by atoms with E-state index in [0.717, 1.165) is 9.86 Å². The molecule has 4 rings (SSSR count). The van der Waals surface area contributed by atoms with E-state index in [2.05, 4.69) is 20.9 Å². The minimum absolute atomic E-state index is 0.158. The standard InChI is InChI=1S/C18H14BrN3O3/c1-2-25-15(23)10-22-17-16(12-5-3-4-6-13(12)18(22)24)20-14-8-7-11(19)9-21(14)17/h3-9H,2,10H2,1H3. The van der Waals surface area contributed by atoms with Crippen LogP contribution in [0.2, 0.25) is 0 Å². The van der Waals surface area contributed by atoms with Crippen molar-refractivity contribution in [3.05, 3.63) is 57.4 Å². The molecule has 0 fully saturated rings. The average Bonchev–Trinajstić information content (AvgIpc) is 2.97. The van der Waals surface area contributed by atoms with Crippen LogP contribution in [0.15, 0.2) is 51.9 Å². The lowest BCUT2D eigenvalue weighted by molar-refractivity contribution is -0.143. The average molecular weight is 400 g/mol. The van der Waals surface area contributed by atoms with E-state index in [-0.39, 0.29) is 18.7 Å². The Hall–Kier alpha value is -2.67. The molecule has 0 amide bonds. The Balaban J connectivity index is 2.17. The van der Waals surface area contributed by atoms with Gasteiger partial charge in [-0.1, -0.05) is 18.2 Å². The summed E-state index contributed by atoms with van der Waals surface area (Å²) in [5.41, 5.74) is 1.72. The molecule has 0 N–H and O–H groups in total. The minimum Gasteiger partial charge on any atom is -0.465 e. The summed E-state index contributed by atoms with van der Waals surface area (Å²) in [5, 5.41) is 1.30. The molecular weight excluding hydrogens is 386 g/mol. The van der Waals surface area contributed by atoms with Crippen LogP contribution < -0.4 is 5.56 Å². The number of hydrogen-bond donors (Lipinski definition) is 0. The van der Waals surface area contributed by atoms with E-state index in [1.54, 1.807) is 19.1 Å². The lowest BCUT2D eigenvalue weighted by atomic mass is 10.1. The fourth-order valence-corrected chi connectivity index (χ4v) is 3.38. The second-order valence-corrected chi connectivity index (χ2v) is 6.52. The summed E-state index contributed by atoms with van der Waals surface area (Å²) in [5.74, 6) is -0.453. The molecule has 0 bridgehead atoms. The van der Waals surface area contributed by atoms with E-state index in [9.17, 15) is 9.59 Å². The number of pyridine rings is 2. The molecule has 4 aromatic rings. The van der Waals surface area contributed by atoms with Gasteiger partial charge >= 0.3 is 5.97 Å². The van der Waals surface area contributed by atoms with Crippen LogP contribution in [0.25, 0.3) is 27.6 Å². The zero-order valence-corrected chi connectivity index (χ0v) is 15.0. The molecule has 0 saturated heterocycles. The molecule has 3 heterocycles. The van der Waals surface area contributed by atoms with Crippen LogP contribution in [0.4, 0.5) is 0 Å². The van der Waals surface area contributed by atoms with E-state index >= 15 is 0 Å². The van der Waals surface area contributed by atoms with Crippen molar-refractivity contribution in [3.63, 3.8) is 0 Å². The first-order valence-electron chi connectivity index (χ1n) is 7.84. The highest BCUT2D eigenvalue weighted by molar-refractivity contribution is 9.10. The Morgan fingerprint density at radius 1 is 1.20 bits per heavy atom. The number of halogens is 1. The number of carbonyl (C=O) groups excluding carboxylic acids is 1. The minimum atomic E-state index is -0.453. The summed E-state index contributed by atoms with van der Waals surface area (Å²) in [6, 6.07) is 11.0. The van der Waals surface area contributed by atoms with Gasteiger partial charge in [-0.05, 0) is 41.1 Å². The van der Waals surface area contributed by atoms with Crippen LogP contribution in [0, 0.1) is 0 Å². The molecular formula is C18H14BrN3O3. The highest BCUT2D eigenvalue weighted by Gasteiger charge is 2.18. The van der Waals surface area contributed by atoms with Crippen LogP contribution in [0.5, 0.6) is 0 Å². The highest BCUT2D eigenvalue weighted by Crippen LogP contribution is 2.25. The summed E-state index contributed by atoms with van der Waals surface area (Å²) >= 11 is 3.44. The van der Waals surface area contributed by atoms with Gasteiger partial charge in [-0.25, -0.2) is 4.98 Å². The SMILES string of the molecule is CCOC(=O)Cn1c(=O)c2ccccc2c2nc3ccc(Br)cn3c21. The maximum atomic E-state index is 13.0. The number of benzene rings is 1. The van der Waals surface area contributed by atoms with Gasteiger partial charge in [-0.2, -0.15) is 0 Å². The van der Waals surface area contributed by atoms with Crippen LogP contribution in [0.1, 0.15) is 6.92 Å². The van der Waals surface area contributed by atoms with Crippen LogP contribution in [-0.2, 0) is 16.1 Å². The predicted molar refractivity (Wildman–Crippen MR) is 98.8 cm³/mol. The molecule has 0 saturated carbocycles. The van der Waals surface area contributed by atoms with Gasteiger partial charge in [0.1, 0.15) is 23.4 Å². The molecule has 126 valence electrons. The molecule has 0 aliphatic rings. The predicted octanol–water partition coefficient (Wildman–Crippen LogP) is 3.13. The largest absolute Gasteiger partial charge is 0.465 e. The first-order chi connectivity index (χ1) is 12.1. The summed E-state index contributed by atoms with van der Waals surface area (Å²) < 4.78 is 9.13. The summed E-state index contributed by atoms with van der Waals surface area (Å²) in [4.78, 5) is 29.7. The third-order valence-electron chi connectivity index (χ3n) is 4.06. The molecule has 0 aliphatic heterocycles. The van der Waals surface area contributed by atoms with E-state index < -0.39 is 5.97 Å². The Morgan fingerprint density at radius 2 is 1.96 bits per heavy atom. The van der Waals surface area contributed by atoms with E-state index in [1.165, 1.54) is 4.57 Å². The molecule has 1 aromatic carbocycles. The van der Waals surface area contributed by atoms with E-state index in [0.29, 0.717) is 22.2 Å². The first-order valence-corrected chi connectivity index (χ1v) is 8.64.